The van der Waals surface area contributed by atoms with Gasteiger partial charge in [0.2, 0.25) is 5.90 Å². The number of amides is 1. The van der Waals surface area contributed by atoms with Gasteiger partial charge in [-0.05, 0) is 66.1 Å². The Bertz CT molecular complexity index is 1320. The first kappa shape index (κ1) is 22.8. The average molecular weight is 451 g/mol. The molecular weight excluding hydrogens is 424 g/mol. The third kappa shape index (κ3) is 5.15. The fourth-order valence-electron chi connectivity index (χ4n) is 3.70. The van der Waals surface area contributed by atoms with Crippen molar-refractivity contribution in [2.75, 3.05) is 19.5 Å². The van der Waals surface area contributed by atoms with Crippen LogP contribution < -0.4 is 10.1 Å². The number of carbonyl (C=O) groups is 1. The summed E-state index contributed by atoms with van der Waals surface area (Å²) >= 11 is 0. The van der Waals surface area contributed by atoms with Crippen molar-refractivity contribution in [3.8, 4) is 16.9 Å². The van der Waals surface area contributed by atoms with Crippen molar-refractivity contribution in [1.82, 2.24) is 0 Å². The van der Waals surface area contributed by atoms with Gasteiger partial charge in [0.15, 0.2) is 0 Å². The fraction of sp³-hybridized carbons (Fsp3) is 0.103. The summed E-state index contributed by atoms with van der Waals surface area (Å²) in [5.74, 6) is 0.847. The third-order valence-electron chi connectivity index (χ3n) is 5.45. The van der Waals surface area contributed by atoms with Gasteiger partial charge in [-0.25, -0.2) is 4.99 Å². The van der Waals surface area contributed by atoms with Crippen LogP contribution in [0.1, 0.15) is 21.5 Å². The van der Waals surface area contributed by atoms with Crippen molar-refractivity contribution in [3.05, 3.63) is 114 Å². The second kappa shape index (κ2) is 10.5. The summed E-state index contributed by atoms with van der Waals surface area (Å²) in [6, 6.07) is 30.7. The van der Waals surface area contributed by atoms with E-state index in [-0.39, 0.29) is 5.91 Å². The van der Waals surface area contributed by atoms with Crippen molar-refractivity contribution in [1.29, 1.82) is 0 Å². The zero-order chi connectivity index (χ0) is 23.9. The number of methoxy groups -OCH3 is 2. The quantitative estimate of drug-likeness (QED) is 0.264. The molecule has 0 atom stereocenters. The van der Waals surface area contributed by atoms with E-state index >= 15 is 0 Å². The molecule has 0 radical (unpaired) electrons. The number of hydrogen-bond acceptors (Lipinski definition) is 4. The molecule has 0 spiro atoms. The largest absolute Gasteiger partial charge is 0.496 e. The molecule has 5 nitrogen and oxygen atoms in total. The van der Waals surface area contributed by atoms with E-state index in [1.807, 2.05) is 91.9 Å². The van der Waals surface area contributed by atoms with Gasteiger partial charge in [-0.1, -0.05) is 54.6 Å². The van der Waals surface area contributed by atoms with E-state index in [1.54, 1.807) is 20.3 Å². The second-order valence-corrected chi connectivity index (χ2v) is 7.72. The zero-order valence-corrected chi connectivity index (χ0v) is 19.4. The van der Waals surface area contributed by atoms with Crippen LogP contribution in [-0.4, -0.2) is 26.0 Å². The predicted molar refractivity (Wildman–Crippen MR) is 137 cm³/mol. The molecule has 0 fully saturated rings. The third-order valence-corrected chi connectivity index (χ3v) is 5.45. The van der Waals surface area contributed by atoms with Crippen LogP contribution in [0, 0.1) is 6.92 Å². The predicted octanol–water partition coefficient (Wildman–Crippen LogP) is 6.65. The highest BCUT2D eigenvalue weighted by Gasteiger charge is 2.15. The molecule has 0 heterocycles. The molecule has 170 valence electrons. The Kier molecular flexibility index (Phi) is 7.04. The van der Waals surface area contributed by atoms with E-state index in [0.717, 1.165) is 33.6 Å². The number of rotatable bonds is 6. The molecule has 0 aliphatic carbocycles. The maximum absolute atomic E-state index is 12.8. The minimum absolute atomic E-state index is 0.219. The maximum atomic E-state index is 12.8. The molecular formula is C29H26N2O3. The van der Waals surface area contributed by atoms with E-state index in [9.17, 15) is 4.79 Å². The smallest absolute Gasteiger partial charge is 0.259 e. The van der Waals surface area contributed by atoms with Gasteiger partial charge in [0.05, 0.1) is 25.5 Å². The van der Waals surface area contributed by atoms with Crippen molar-refractivity contribution in [3.63, 3.8) is 0 Å². The van der Waals surface area contributed by atoms with Crippen LogP contribution in [0.4, 0.5) is 11.4 Å². The summed E-state index contributed by atoms with van der Waals surface area (Å²) < 4.78 is 11.1. The number of nitrogens with one attached hydrogen (secondary N) is 1. The Balaban J connectivity index is 1.61. The average Bonchev–Trinajstić information content (AvgIpc) is 2.88. The van der Waals surface area contributed by atoms with E-state index in [1.165, 1.54) is 0 Å². The summed E-state index contributed by atoms with van der Waals surface area (Å²) in [5, 5.41) is 2.90. The number of carbonyl (C=O) groups excluding carboxylic acids is 1. The number of aliphatic imine (C=N–C) groups is 1. The highest BCUT2D eigenvalue weighted by Crippen LogP contribution is 2.30. The zero-order valence-electron chi connectivity index (χ0n) is 19.4. The Morgan fingerprint density at radius 1 is 0.765 bits per heavy atom. The first-order valence-electron chi connectivity index (χ1n) is 10.9. The van der Waals surface area contributed by atoms with Crippen molar-refractivity contribution in [2.24, 2.45) is 4.99 Å². The Morgan fingerprint density at radius 3 is 2.00 bits per heavy atom. The molecule has 5 heteroatoms. The van der Waals surface area contributed by atoms with Crippen LogP contribution in [0.3, 0.4) is 0 Å². The molecule has 4 aromatic rings. The van der Waals surface area contributed by atoms with Gasteiger partial charge >= 0.3 is 0 Å². The first-order chi connectivity index (χ1) is 16.6. The lowest BCUT2D eigenvalue weighted by Crippen LogP contribution is -2.13. The van der Waals surface area contributed by atoms with E-state index in [2.05, 4.69) is 16.4 Å². The lowest BCUT2D eigenvalue weighted by Gasteiger charge is -2.13. The van der Waals surface area contributed by atoms with Crippen LogP contribution in [0.15, 0.2) is 102 Å². The van der Waals surface area contributed by atoms with Crippen LogP contribution in [0.2, 0.25) is 0 Å². The van der Waals surface area contributed by atoms with Crippen LogP contribution in [0.5, 0.6) is 5.75 Å². The van der Waals surface area contributed by atoms with Gasteiger partial charge in [0, 0.05) is 11.3 Å². The van der Waals surface area contributed by atoms with E-state index in [4.69, 9.17) is 9.47 Å². The number of anilines is 1. The standard InChI is InChI=1S/C29H26N2O3/c1-20-18-21(14-16-25(20)29(34-3)31-24-12-8-5-9-13-24)22-15-17-26(27(19-22)33-2)28(32)30-23-10-6-4-7-11-23/h4-19H,1-3H3,(H,30,32). The monoisotopic (exact) mass is 450 g/mol. The number of aryl methyl sites for hydroxylation is 1. The van der Waals surface area contributed by atoms with Gasteiger partial charge in [0.1, 0.15) is 5.75 Å². The summed E-state index contributed by atoms with van der Waals surface area (Å²) in [4.78, 5) is 17.4. The summed E-state index contributed by atoms with van der Waals surface area (Å²) in [6.45, 7) is 2.03. The maximum Gasteiger partial charge on any atom is 0.259 e. The molecule has 0 aliphatic rings. The van der Waals surface area contributed by atoms with Crippen LogP contribution >= 0.6 is 0 Å². The van der Waals surface area contributed by atoms with E-state index in [0.29, 0.717) is 17.2 Å². The molecule has 0 aliphatic heterocycles. The molecule has 0 saturated heterocycles. The summed E-state index contributed by atoms with van der Waals surface area (Å²) in [7, 11) is 3.19. The minimum Gasteiger partial charge on any atom is -0.496 e. The molecule has 1 N–H and O–H groups in total. The lowest BCUT2D eigenvalue weighted by atomic mass is 9.98. The Morgan fingerprint density at radius 2 is 1.38 bits per heavy atom. The second-order valence-electron chi connectivity index (χ2n) is 7.72. The molecule has 0 bridgehead atoms. The molecule has 0 unspecified atom stereocenters. The van der Waals surface area contributed by atoms with E-state index < -0.39 is 0 Å². The molecule has 1 amide bonds. The molecule has 4 rings (SSSR count). The Hall–Kier alpha value is -4.38. The van der Waals surface area contributed by atoms with Gasteiger partial charge in [0.25, 0.3) is 5.91 Å². The van der Waals surface area contributed by atoms with Crippen molar-refractivity contribution in [2.45, 2.75) is 6.92 Å². The number of hydrogen-bond donors (Lipinski definition) is 1. The first-order valence-corrected chi connectivity index (χ1v) is 10.9. The van der Waals surface area contributed by atoms with Gasteiger partial charge < -0.3 is 14.8 Å². The molecule has 0 saturated carbocycles. The highest BCUT2D eigenvalue weighted by atomic mass is 16.5. The summed E-state index contributed by atoms with van der Waals surface area (Å²) in [5.41, 5.74) is 5.93. The fourth-order valence-corrected chi connectivity index (χ4v) is 3.70. The van der Waals surface area contributed by atoms with Gasteiger partial charge in [-0.2, -0.15) is 0 Å². The van der Waals surface area contributed by atoms with Crippen molar-refractivity contribution >= 4 is 23.2 Å². The number of benzene rings is 4. The lowest BCUT2D eigenvalue weighted by molar-refractivity contribution is 0.102. The molecule has 4 aromatic carbocycles. The Labute approximate surface area is 199 Å². The van der Waals surface area contributed by atoms with Crippen LogP contribution in [-0.2, 0) is 4.74 Å². The van der Waals surface area contributed by atoms with Crippen molar-refractivity contribution < 1.29 is 14.3 Å². The highest BCUT2D eigenvalue weighted by molar-refractivity contribution is 6.06. The topological polar surface area (TPSA) is 59.9 Å². The van der Waals surface area contributed by atoms with Crippen LogP contribution in [0.25, 0.3) is 11.1 Å². The molecule has 34 heavy (non-hydrogen) atoms. The van der Waals surface area contributed by atoms with Gasteiger partial charge in [-0.3, -0.25) is 4.79 Å². The number of ether oxygens (including phenoxy) is 2. The molecule has 0 aromatic heterocycles. The minimum atomic E-state index is -0.219. The number of nitrogens with zero attached hydrogens (tertiary/aromatic N) is 1. The summed E-state index contributed by atoms with van der Waals surface area (Å²) in [6.07, 6.45) is 0. The van der Waals surface area contributed by atoms with Gasteiger partial charge in [-0.15, -0.1) is 0 Å². The number of para-hydroxylation sites is 2. The SMILES string of the molecule is COC(=Nc1ccccc1)c1ccc(-c2ccc(C(=O)Nc3ccccc3)c(OC)c2)cc1C. The normalized spacial score (nSPS) is 11.1.